The van der Waals surface area contributed by atoms with Crippen molar-refractivity contribution in [3.05, 3.63) is 29.8 Å². The second kappa shape index (κ2) is 5.12. The van der Waals surface area contributed by atoms with Crippen LogP contribution in [0.4, 0.5) is 0 Å². The molecule has 2 rings (SSSR count). The molecule has 1 saturated carbocycles. The van der Waals surface area contributed by atoms with E-state index in [1.54, 1.807) is 0 Å². The van der Waals surface area contributed by atoms with Crippen molar-refractivity contribution in [2.24, 2.45) is 11.3 Å². The molecule has 0 radical (unpaired) electrons. The van der Waals surface area contributed by atoms with E-state index in [0.717, 1.165) is 24.2 Å². The number of rotatable bonds is 4. The average molecular weight is 276 g/mol. The summed E-state index contributed by atoms with van der Waals surface area (Å²) in [5.74, 6) is 0.552. The first-order valence-corrected chi connectivity index (χ1v) is 7.26. The van der Waals surface area contributed by atoms with E-state index in [-0.39, 0.29) is 5.41 Å². The van der Waals surface area contributed by atoms with Gasteiger partial charge in [0.25, 0.3) is 0 Å². The zero-order valence-electron chi connectivity index (χ0n) is 12.8. The minimum atomic E-state index is -0.706. The van der Waals surface area contributed by atoms with Crippen LogP contribution >= 0.6 is 0 Å². The molecule has 1 aliphatic carbocycles. The Morgan fingerprint density at radius 3 is 2.25 bits per heavy atom. The van der Waals surface area contributed by atoms with Gasteiger partial charge in [0.2, 0.25) is 0 Å². The Bertz CT molecular complexity index is 476. The number of carbonyl (C=O) groups is 1. The Balaban J connectivity index is 2.21. The van der Waals surface area contributed by atoms with Crippen molar-refractivity contribution < 1.29 is 14.6 Å². The molecule has 1 aromatic carbocycles. The summed E-state index contributed by atoms with van der Waals surface area (Å²) in [5, 5.41) is 9.66. The lowest BCUT2D eigenvalue weighted by Crippen LogP contribution is -2.51. The molecule has 1 fully saturated rings. The van der Waals surface area contributed by atoms with E-state index in [9.17, 15) is 9.90 Å². The molecule has 1 aliphatic rings. The van der Waals surface area contributed by atoms with Gasteiger partial charge in [-0.2, -0.15) is 0 Å². The highest BCUT2D eigenvalue weighted by molar-refractivity contribution is 5.83. The zero-order chi connectivity index (χ0) is 15.0. The maximum absolute atomic E-state index is 11.8. The van der Waals surface area contributed by atoms with E-state index in [0.29, 0.717) is 12.5 Å². The quantitative estimate of drug-likeness (QED) is 0.908. The van der Waals surface area contributed by atoms with Gasteiger partial charge in [-0.15, -0.1) is 0 Å². The van der Waals surface area contributed by atoms with Crippen LogP contribution in [-0.2, 0) is 10.2 Å². The molecule has 20 heavy (non-hydrogen) atoms. The number of carboxylic acids is 1. The fourth-order valence-electron chi connectivity index (χ4n) is 2.96. The first kappa shape index (κ1) is 14.9. The predicted octanol–water partition coefficient (Wildman–Crippen LogP) is 3.86. The summed E-state index contributed by atoms with van der Waals surface area (Å²) in [5.41, 5.74) is 0.362. The van der Waals surface area contributed by atoms with Crippen LogP contribution in [0.25, 0.3) is 0 Å². The molecule has 0 atom stereocenters. The van der Waals surface area contributed by atoms with Gasteiger partial charge in [-0.05, 0) is 48.8 Å². The van der Waals surface area contributed by atoms with E-state index in [1.807, 2.05) is 31.2 Å². The molecule has 110 valence electrons. The smallest absolute Gasteiger partial charge is 0.314 e. The normalized spacial score (nSPS) is 25.9. The van der Waals surface area contributed by atoms with Crippen LogP contribution in [0.3, 0.4) is 0 Å². The molecule has 0 spiro atoms. The van der Waals surface area contributed by atoms with Gasteiger partial charge in [0.15, 0.2) is 0 Å². The van der Waals surface area contributed by atoms with E-state index in [2.05, 4.69) is 20.8 Å². The van der Waals surface area contributed by atoms with E-state index >= 15 is 0 Å². The largest absolute Gasteiger partial charge is 0.494 e. The Morgan fingerprint density at radius 1 is 1.30 bits per heavy atom. The number of carboxylic acid groups (broad SMARTS) is 1. The number of hydrogen-bond donors (Lipinski definition) is 1. The molecule has 1 aromatic rings. The fraction of sp³-hybridized carbons (Fsp3) is 0.588. The Labute approximate surface area is 121 Å². The lowest BCUT2D eigenvalue weighted by Gasteiger charge is -2.50. The summed E-state index contributed by atoms with van der Waals surface area (Å²) in [4.78, 5) is 11.8. The molecule has 0 amide bonds. The summed E-state index contributed by atoms with van der Waals surface area (Å²) in [6, 6.07) is 7.54. The third-order valence-corrected chi connectivity index (χ3v) is 4.54. The standard InChI is InChI=1S/C17H24O3/c1-5-20-14-8-6-12(7-9-14)17(15(18)19)10-13(11-17)16(2,3)4/h6-9,13H,5,10-11H2,1-4H3,(H,18,19). The molecule has 0 saturated heterocycles. The molecule has 0 aliphatic heterocycles. The van der Waals surface area contributed by atoms with E-state index < -0.39 is 11.4 Å². The van der Waals surface area contributed by atoms with Crippen molar-refractivity contribution in [3.63, 3.8) is 0 Å². The third kappa shape index (κ3) is 2.54. The predicted molar refractivity (Wildman–Crippen MR) is 79.1 cm³/mol. The summed E-state index contributed by atoms with van der Waals surface area (Å²) >= 11 is 0. The molecule has 1 N–H and O–H groups in total. The van der Waals surface area contributed by atoms with E-state index in [1.165, 1.54) is 0 Å². The van der Waals surface area contributed by atoms with Gasteiger partial charge < -0.3 is 9.84 Å². The van der Waals surface area contributed by atoms with Crippen LogP contribution in [0.15, 0.2) is 24.3 Å². The second-order valence-electron chi connectivity index (χ2n) is 6.82. The lowest BCUT2D eigenvalue weighted by atomic mass is 9.52. The van der Waals surface area contributed by atoms with Crippen molar-refractivity contribution in [1.82, 2.24) is 0 Å². The van der Waals surface area contributed by atoms with Crippen LogP contribution in [0.2, 0.25) is 0 Å². The van der Waals surface area contributed by atoms with Crippen LogP contribution in [0.1, 0.15) is 46.1 Å². The van der Waals surface area contributed by atoms with Crippen LogP contribution in [-0.4, -0.2) is 17.7 Å². The van der Waals surface area contributed by atoms with Gasteiger partial charge in [-0.1, -0.05) is 32.9 Å². The van der Waals surface area contributed by atoms with Crippen LogP contribution in [0, 0.1) is 11.3 Å². The summed E-state index contributed by atoms with van der Waals surface area (Å²) in [6.07, 6.45) is 1.44. The molecule has 3 heteroatoms. The molecular weight excluding hydrogens is 252 g/mol. The number of benzene rings is 1. The molecule has 0 aromatic heterocycles. The number of ether oxygens (including phenoxy) is 1. The second-order valence-corrected chi connectivity index (χ2v) is 6.82. The number of hydrogen-bond acceptors (Lipinski definition) is 2. The minimum absolute atomic E-state index is 0.171. The maximum atomic E-state index is 11.8. The Morgan fingerprint density at radius 2 is 1.85 bits per heavy atom. The highest BCUT2D eigenvalue weighted by Crippen LogP contribution is 2.54. The topological polar surface area (TPSA) is 46.5 Å². The van der Waals surface area contributed by atoms with Crippen molar-refractivity contribution in [3.8, 4) is 5.75 Å². The van der Waals surface area contributed by atoms with Gasteiger partial charge in [-0.3, -0.25) is 4.79 Å². The first-order chi connectivity index (χ1) is 9.29. The third-order valence-electron chi connectivity index (χ3n) is 4.54. The van der Waals surface area contributed by atoms with Gasteiger partial charge in [0.05, 0.1) is 12.0 Å². The van der Waals surface area contributed by atoms with E-state index in [4.69, 9.17) is 4.74 Å². The Hall–Kier alpha value is -1.51. The monoisotopic (exact) mass is 276 g/mol. The van der Waals surface area contributed by atoms with Crippen molar-refractivity contribution >= 4 is 5.97 Å². The van der Waals surface area contributed by atoms with Crippen molar-refractivity contribution in [2.45, 2.75) is 46.0 Å². The first-order valence-electron chi connectivity index (χ1n) is 7.26. The molecule has 0 heterocycles. The highest BCUT2D eigenvalue weighted by atomic mass is 16.5. The van der Waals surface area contributed by atoms with Crippen molar-refractivity contribution in [1.29, 1.82) is 0 Å². The SMILES string of the molecule is CCOc1ccc(C2(C(=O)O)CC(C(C)(C)C)C2)cc1. The Kier molecular flexibility index (Phi) is 3.81. The molecule has 0 bridgehead atoms. The highest BCUT2D eigenvalue weighted by Gasteiger charge is 2.54. The van der Waals surface area contributed by atoms with Crippen LogP contribution in [0.5, 0.6) is 5.75 Å². The molecule has 0 unspecified atom stereocenters. The van der Waals surface area contributed by atoms with Crippen molar-refractivity contribution in [2.75, 3.05) is 6.61 Å². The van der Waals surface area contributed by atoms with Gasteiger partial charge in [0.1, 0.15) is 5.75 Å². The lowest BCUT2D eigenvalue weighted by molar-refractivity contribution is -0.152. The van der Waals surface area contributed by atoms with Gasteiger partial charge in [0, 0.05) is 0 Å². The van der Waals surface area contributed by atoms with Crippen LogP contribution < -0.4 is 4.74 Å². The summed E-state index contributed by atoms with van der Waals surface area (Å²) in [6.45, 7) is 9.10. The zero-order valence-corrected chi connectivity index (χ0v) is 12.8. The van der Waals surface area contributed by atoms with Gasteiger partial charge in [-0.25, -0.2) is 0 Å². The average Bonchev–Trinajstić information content (AvgIpc) is 2.28. The minimum Gasteiger partial charge on any atom is -0.494 e. The maximum Gasteiger partial charge on any atom is 0.314 e. The van der Waals surface area contributed by atoms with Gasteiger partial charge >= 0.3 is 5.97 Å². The molecule has 3 nitrogen and oxygen atoms in total. The summed E-state index contributed by atoms with van der Waals surface area (Å²) in [7, 11) is 0. The number of aliphatic carboxylic acids is 1. The molecular formula is C17H24O3. The fourth-order valence-corrected chi connectivity index (χ4v) is 2.96. The summed E-state index contributed by atoms with van der Waals surface area (Å²) < 4.78 is 5.41.